The van der Waals surface area contributed by atoms with E-state index >= 15 is 0 Å². The number of carbonyl (C=O) groups is 1. The number of nitrogens with zero attached hydrogens (tertiary/aromatic N) is 2. The first-order valence-electron chi connectivity index (χ1n) is 13.7. The number of fused-ring (bicyclic) bond motifs is 1. The molecule has 6 rings (SSSR count). The molecule has 1 saturated heterocycles. The highest BCUT2D eigenvalue weighted by Gasteiger charge is 2.64. The fraction of sp³-hybridized carbons (Fsp3) is 0.406. The van der Waals surface area contributed by atoms with E-state index in [1.54, 1.807) is 30.7 Å². The van der Waals surface area contributed by atoms with Gasteiger partial charge in [0.05, 0.1) is 18.1 Å². The first kappa shape index (κ1) is 25.0. The second-order valence-corrected chi connectivity index (χ2v) is 11.3. The zero-order valence-corrected chi connectivity index (χ0v) is 21.9. The van der Waals surface area contributed by atoms with Crippen molar-refractivity contribution in [2.75, 3.05) is 20.1 Å². The number of aromatic hydroxyl groups is 1. The van der Waals surface area contributed by atoms with Crippen LogP contribution in [0, 0.1) is 0 Å². The van der Waals surface area contributed by atoms with Gasteiger partial charge in [0, 0.05) is 42.7 Å². The molecule has 6 heteroatoms. The number of hydrogen-bond acceptors (Lipinski definition) is 5. The normalized spacial score (nSPS) is 28.6. The van der Waals surface area contributed by atoms with Gasteiger partial charge in [-0.05, 0) is 86.0 Å². The van der Waals surface area contributed by atoms with Crippen molar-refractivity contribution in [2.24, 2.45) is 0 Å². The lowest BCUT2D eigenvalue weighted by Gasteiger charge is -2.65. The first-order chi connectivity index (χ1) is 18.4. The minimum Gasteiger partial charge on any atom is -0.508 e. The molecule has 3 aromatic rings. The number of hydrogen-bond donors (Lipinski definition) is 2. The highest BCUT2D eigenvalue weighted by atomic mass is 16.3. The largest absolute Gasteiger partial charge is 0.508 e. The summed E-state index contributed by atoms with van der Waals surface area (Å²) < 4.78 is 5.10. The Bertz CT molecular complexity index is 1320. The van der Waals surface area contributed by atoms with Gasteiger partial charge in [-0.25, -0.2) is 0 Å². The number of phenols is 1. The van der Waals surface area contributed by atoms with Gasteiger partial charge < -0.3 is 19.5 Å². The third-order valence-corrected chi connectivity index (χ3v) is 9.50. The molecule has 6 nitrogen and oxygen atoms in total. The maximum absolute atomic E-state index is 13.1. The highest BCUT2D eigenvalue weighted by Crippen LogP contribution is 2.59. The molecule has 1 aromatic heterocycles. The molecule has 0 spiro atoms. The number of piperidine rings is 1. The lowest BCUT2D eigenvalue weighted by Crippen LogP contribution is -2.74. The topological polar surface area (TPSA) is 77.2 Å². The van der Waals surface area contributed by atoms with E-state index in [0.29, 0.717) is 12.8 Å². The summed E-state index contributed by atoms with van der Waals surface area (Å²) in [5.41, 5.74) is 3.03. The lowest BCUT2D eigenvalue weighted by molar-refractivity contribution is -0.176. The minimum atomic E-state index is -0.907. The van der Waals surface area contributed by atoms with Gasteiger partial charge in [-0.1, -0.05) is 36.4 Å². The number of rotatable bonds is 6. The molecule has 4 atom stereocenters. The Morgan fingerprint density at radius 3 is 2.82 bits per heavy atom. The Morgan fingerprint density at radius 2 is 2.03 bits per heavy atom. The summed E-state index contributed by atoms with van der Waals surface area (Å²) in [6, 6.07) is 18.0. The minimum absolute atomic E-state index is 0.00147. The van der Waals surface area contributed by atoms with E-state index in [-0.39, 0.29) is 23.7 Å². The summed E-state index contributed by atoms with van der Waals surface area (Å²) in [6.45, 7) is 1.79. The number of furan rings is 1. The fourth-order valence-electron chi connectivity index (χ4n) is 7.43. The van der Waals surface area contributed by atoms with Gasteiger partial charge in [-0.2, -0.15) is 0 Å². The SMILES string of the molecule is CN(C(=O)/C=C/c1ccoc1)[C@H]1CC[C@@]2(O)[C@H]3Cc4ccc(O)cc4[C@@]2(CCN3CCc2ccccc2)C1. The van der Waals surface area contributed by atoms with Crippen LogP contribution in [0.1, 0.15) is 47.9 Å². The molecule has 38 heavy (non-hydrogen) atoms. The molecular weight excluding hydrogens is 476 g/mol. The van der Waals surface area contributed by atoms with Crippen LogP contribution in [-0.4, -0.2) is 63.7 Å². The zero-order chi connectivity index (χ0) is 26.3. The molecule has 0 radical (unpaired) electrons. The monoisotopic (exact) mass is 512 g/mol. The third kappa shape index (κ3) is 4.16. The van der Waals surface area contributed by atoms with Gasteiger partial charge in [-0.15, -0.1) is 0 Å². The first-order valence-corrected chi connectivity index (χ1v) is 13.7. The maximum Gasteiger partial charge on any atom is 0.246 e. The third-order valence-electron chi connectivity index (χ3n) is 9.50. The van der Waals surface area contributed by atoms with Crippen molar-refractivity contribution in [2.45, 2.75) is 61.6 Å². The standard InChI is InChI=1S/C32H36N2O4/c1-33(30(36)10-7-24-13-18-38-22-24)26-11-14-32(37)29-19-25-8-9-27(35)20-28(25)31(32,21-26)15-17-34(29)16-12-23-5-3-2-4-6-23/h2-10,13,18,20,22,26,29,35,37H,11-12,14-17,19,21H2,1H3/b10-7+/t26-,29+,31+,32+/m0/s1. The van der Waals surface area contributed by atoms with Crippen LogP contribution in [0.5, 0.6) is 5.75 Å². The molecule has 198 valence electrons. The number of likely N-dealkylation sites (tertiary alicyclic amines) is 1. The van der Waals surface area contributed by atoms with Crippen molar-refractivity contribution < 1.29 is 19.4 Å². The second-order valence-electron chi connectivity index (χ2n) is 11.3. The van der Waals surface area contributed by atoms with Gasteiger partial charge >= 0.3 is 0 Å². The lowest BCUT2D eigenvalue weighted by atomic mass is 9.48. The summed E-state index contributed by atoms with van der Waals surface area (Å²) in [6.07, 6.45) is 11.2. The molecule has 2 fully saturated rings. The molecule has 2 heterocycles. The van der Waals surface area contributed by atoms with Gasteiger partial charge in [0.25, 0.3) is 0 Å². The van der Waals surface area contributed by atoms with E-state index in [4.69, 9.17) is 4.42 Å². The summed E-state index contributed by atoms with van der Waals surface area (Å²) in [5, 5.41) is 23.1. The van der Waals surface area contributed by atoms with Crippen LogP contribution in [0.25, 0.3) is 6.08 Å². The molecule has 1 saturated carbocycles. The zero-order valence-electron chi connectivity index (χ0n) is 21.9. The Balaban J connectivity index is 1.29. The van der Waals surface area contributed by atoms with Crippen molar-refractivity contribution >= 4 is 12.0 Å². The van der Waals surface area contributed by atoms with Gasteiger partial charge in [0.2, 0.25) is 5.91 Å². The number of aliphatic hydroxyl groups is 1. The number of likely N-dealkylation sites (N-methyl/N-ethyl adjacent to an activating group) is 1. The quantitative estimate of drug-likeness (QED) is 0.474. The van der Waals surface area contributed by atoms with Crippen LogP contribution in [-0.2, 0) is 23.1 Å². The maximum atomic E-state index is 13.1. The summed E-state index contributed by atoms with van der Waals surface area (Å²) in [5.74, 6) is 0.182. The summed E-state index contributed by atoms with van der Waals surface area (Å²) >= 11 is 0. The van der Waals surface area contributed by atoms with E-state index < -0.39 is 11.0 Å². The highest BCUT2D eigenvalue weighted by molar-refractivity contribution is 5.91. The molecular formula is C32H36N2O4. The van der Waals surface area contributed by atoms with Crippen LogP contribution >= 0.6 is 0 Å². The van der Waals surface area contributed by atoms with Crippen molar-refractivity contribution in [3.63, 3.8) is 0 Å². The van der Waals surface area contributed by atoms with Crippen molar-refractivity contribution in [3.8, 4) is 5.75 Å². The van der Waals surface area contributed by atoms with E-state index in [9.17, 15) is 15.0 Å². The predicted octanol–water partition coefficient (Wildman–Crippen LogP) is 4.55. The van der Waals surface area contributed by atoms with Crippen molar-refractivity contribution in [1.82, 2.24) is 9.80 Å². The van der Waals surface area contributed by atoms with E-state index in [1.165, 1.54) is 11.1 Å². The average molecular weight is 513 g/mol. The van der Waals surface area contributed by atoms with Crippen LogP contribution < -0.4 is 0 Å². The van der Waals surface area contributed by atoms with Crippen molar-refractivity contribution in [3.05, 3.63) is 95.5 Å². The molecule has 2 aromatic carbocycles. The number of benzene rings is 2. The Kier molecular flexibility index (Phi) is 6.40. The Labute approximate surface area is 224 Å². The smallest absolute Gasteiger partial charge is 0.246 e. The van der Waals surface area contributed by atoms with E-state index in [0.717, 1.165) is 49.9 Å². The fourth-order valence-corrected chi connectivity index (χ4v) is 7.43. The van der Waals surface area contributed by atoms with Crippen molar-refractivity contribution in [1.29, 1.82) is 0 Å². The number of carbonyl (C=O) groups excluding carboxylic acids is 1. The molecule has 1 amide bonds. The summed E-state index contributed by atoms with van der Waals surface area (Å²) in [4.78, 5) is 17.4. The second kappa shape index (κ2) is 9.75. The van der Waals surface area contributed by atoms with Gasteiger partial charge in [0.1, 0.15) is 5.75 Å². The number of phenolic OH excluding ortho intramolecular Hbond substituents is 1. The Morgan fingerprint density at radius 1 is 1.18 bits per heavy atom. The molecule has 2 bridgehead atoms. The molecule has 2 aliphatic carbocycles. The number of amides is 1. The average Bonchev–Trinajstić information content (AvgIpc) is 3.45. The van der Waals surface area contributed by atoms with Crippen LogP contribution in [0.3, 0.4) is 0 Å². The predicted molar refractivity (Wildman–Crippen MR) is 147 cm³/mol. The van der Waals surface area contributed by atoms with Gasteiger partial charge in [0.15, 0.2) is 0 Å². The van der Waals surface area contributed by atoms with Crippen LogP contribution in [0.4, 0.5) is 0 Å². The molecule has 0 unspecified atom stereocenters. The Hall–Kier alpha value is -3.35. The molecule has 2 N–H and O–H groups in total. The summed E-state index contributed by atoms with van der Waals surface area (Å²) in [7, 11) is 1.87. The van der Waals surface area contributed by atoms with E-state index in [2.05, 4.69) is 29.2 Å². The van der Waals surface area contributed by atoms with Gasteiger partial charge in [-0.3, -0.25) is 9.69 Å². The van der Waals surface area contributed by atoms with Crippen LogP contribution in [0.15, 0.2) is 77.6 Å². The molecule has 3 aliphatic rings. The van der Waals surface area contributed by atoms with Crippen LogP contribution in [0.2, 0.25) is 0 Å². The molecule has 1 aliphatic heterocycles. The van der Waals surface area contributed by atoms with E-state index in [1.807, 2.05) is 36.2 Å².